The number of likely N-dealkylation sites (tertiary alicyclic amines) is 1. The number of aliphatic hydroxyl groups excluding tert-OH is 1. The van der Waals surface area contributed by atoms with E-state index in [0.717, 1.165) is 22.2 Å². The van der Waals surface area contributed by atoms with E-state index in [-0.39, 0.29) is 32.0 Å². The van der Waals surface area contributed by atoms with Gasteiger partial charge in [-0.25, -0.2) is 9.78 Å². The zero-order valence-corrected chi connectivity index (χ0v) is 20.1. The molecule has 34 heavy (non-hydrogen) atoms. The van der Waals surface area contributed by atoms with Gasteiger partial charge in [0.05, 0.1) is 28.8 Å². The average Bonchev–Trinajstić information content (AvgIpc) is 2.94. The average molecular weight is 470 g/mol. The van der Waals surface area contributed by atoms with Crippen LogP contribution in [0.25, 0.3) is 11.0 Å². The molecule has 3 N–H and O–H groups in total. The quantitative estimate of drug-likeness (QED) is 0.517. The highest BCUT2D eigenvalue weighted by Crippen LogP contribution is 2.31. The van der Waals surface area contributed by atoms with Crippen LogP contribution >= 0.6 is 0 Å². The minimum Gasteiger partial charge on any atom is -0.391 e. The van der Waals surface area contributed by atoms with Crippen LogP contribution in [-0.2, 0) is 11.3 Å². The monoisotopic (exact) mass is 469 g/mol. The third kappa shape index (κ3) is 4.30. The first kappa shape index (κ1) is 23.9. The van der Waals surface area contributed by atoms with Crippen molar-refractivity contribution < 1.29 is 15.0 Å². The van der Waals surface area contributed by atoms with E-state index in [1.54, 1.807) is 6.92 Å². The second kappa shape index (κ2) is 8.52. The number of aromatic nitrogens is 4. The third-order valence-corrected chi connectivity index (χ3v) is 6.87. The number of benzene rings is 1. The lowest BCUT2D eigenvalue weighted by molar-refractivity contribution is -0.133. The van der Waals surface area contributed by atoms with Crippen LogP contribution in [0.1, 0.15) is 41.9 Å². The highest BCUT2D eigenvalue weighted by molar-refractivity contribution is 5.82. The maximum atomic E-state index is 13.4. The number of H-pyrrole nitrogens is 1. The molecule has 0 bridgehead atoms. The summed E-state index contributed by atoms with van der Waals surface area (Å²) in [5.74, 6) is 0.427. The smallest absolute Gasteiger partial charge is 0.328 e. The van der Waals surface area contributed by atoms with Gasteiger partial charge in [-0.2, -0.15) is 0 Å². The van der Waals surface area contributed by atoms with Crippen molar-refractivity contribution in [3.05, 3.63) is 61.7 Å². The van der Waals surface area contributed by atoms with Gasteiger partial charge in [-0.05, 0) is 57.9 Å². The Hall–Kier alpha value is -3.24. The van der Waals surface area contributed by atoms with Crippen molar-refractivity contribution in [2.24, 2.45) is 0 Å². The van der Waals surface area contributed by atoms with E-state index >= 15 is 0 Å². The Morgan fingerprint density at radius 3 is 2.53 bits per heavy atom. The number of aromatic amines is 1. The molecule has 10 nitrogen and oxygen atoms in total. The van der Waals surface area contributed by atoms with Crippen LogP contribution in [0, 0.1) is 27.7 Å². The Labute approximate surface area is 196 Å². The first-order valence-corrected chi connectivity index (χ1v) is 11.3. The summed E-state index contributed by atoms with van der Waals surface area (Å²) in [6.45, 7) is 8.97. The van der Waals surface area contributed by atoms with E-state index in [2.05, 4.69) is 9.97 Å². The summed E-state index contributed by atoms with van der Waals surface area (Å²) in [5, 5.41) is 21.7. The van der Waals surface area contributed by atoms with E-state index in [0.29, 0.717) is 11.4 Å². The Kier molecular flexibility index (Phi) is 5.99. The number of carbonyl (C=O) groups excluding carboxylic acids is 1. The van der Waals surface area contributed by atoms with Crippen molar-refractivity contribution in [3.8, 4) is 0 Å². The molecule has 1 aliphatic heterocycles. The fourth-order valence-corrected chi connectivity index (χ4v) is 4.76. The lowest BCUT2D eigenvalue weighted by atomic mass is 9.91. The minimum atomic E-state index is -1.49. The van der Waals surface area contributed by atoms with E-state index in [4.69, 9.17) is 0 Å². The molecular formula is C24H31N5O5. The normalized spacial score (nSPS) is 23.3. The van der Waals surface area contributed by atoms with Crippen molar-refractivity contribution >= 4 is 16.9 Å². The van der Waals surface area contributed by atoms with Gasteiger partial charge in [-0.15, -0.1) is 0 Å². The van der Waals surface area contributed by atoms with Crippen molar-refractivity contribution in [1.82, 2.24) is 24.0 Å². The summed E-state index contributed by atoms with van der Waals surface area (Å²) < 4.78 is 3.09. The number of imidazole rings is 1. The molecule has 3 aromatic rings. The van der Waals surface area contributed by atoms with E-state index in [1.165, 1.54) is 22.6 Å². The lowest BCUT2D eigenvalue weighted by Crippen LogP contribution is -2.48. The van der Waals surface area contributed by atoms with Gasteiger partial charge in [-0.1, -0.05) is 0 Å². The molecular weight excluding hydrogens is 438 g/mol. The fraction of sp³-hybridized carbons (Fsp3) is 0.500. The van der Waals surface area contributed by atoms with Crippen molar-refractivity contribution in [2.75, 3.05) is 13.1 Å². The second-order valence-electron chi connectivity index (χ2n) is 9.68. The first-order chi connectivity index (χ1) is 15.9. The van der Waals surface area contributed by atoms with Crippen LogP contribution in [0.3, 0.4) is 0 Å². The maximum Gasteiger partial charge on any atom is 0.328 e. The van der Waals surface area contributed by atoms with Crippen LogP contribution in [0.4, 0.5) is 0 Å². The number of hydrogen-bond donors (Lipinski definition) is 3. The first-order valence-electron chi connectivity index (χ1n) is 11.3. The number of rotatable bonds is 3. The number of β-amino-alcohol motifs (C(OH)–C–C–N with tert-alkyl or cyclic N) is 1. The number of amides is 1. The zero-order valence-electron chi connectivity index (χ0n) is 20.1. The molecule has 1 aromatic carbocycles. The van der Waals surface area contributed by atoms with Gasteiger partial charge in [0.2, 0.25) is 5.91 Å². The predicted molar refractivity (Wildman–Crippen MR) is 127 cm³/mol. The summed E-state index contributed by atoms with van der Waals surface area (Å²) in [6, 6.07) is 3.14. The molecule has 0 saturated carbocycles. The Morgan fingerprint density at radius 1 is 1.15 bits per heavy atom. The largest absolute Gasteiger partial charge is 0.391 e. The van der Waals surface area contributed by atoms with Crippen LogP contribution in [-0.4, -0.2) is 64.9 Å². The molecule has 1 fully saturated rings. The predicted octanol–water partition coefficient (Wildman–Crippen LogP) is 0.705. The van der Waals surface area contributed by atoms with Gasteiger partial charge in [0.25, 0.3) is 5.56 Å². The highest BCUT2D eigenvalue weighted by Gasteiger charge is 2.42. The summed E-state index contributed by atoms with van der Waals surface area (Å²) in [7, 11) is 0. The molecule has 1 aliphatic rings. The number of aryl methyl sites for hydroxylation is 4. The van der Waals surface area contributed by atoms with Crippen molar-refractivity contribution in [1.29, 1.82) is 0 Å². The minimum absolute atomic E-state index is 0.00189. The molecule has 3 atom stereocenters. The van der Waals surface area contributed by atoms with Gasteiger partial charge in [0.15, 0.2) is 0 Å². The molecule has 2 aromatic heterocycles. The van der Waals surface area contributed by atoms with Crippen molar-refractivity contribution in [3.63, 3.8) is 0 Å². The molecule has 3 heterocycles. The van der Waals surface area contributed by atoms with Crippen LogP contribution < -0.4 is 11.2 Å². The number of carbonyl (C=O) groups is 1. The van der Waals surface area contributed by atoms with Crippen molar-refractivity contribution in [2.45, 2.75) is 65.3 Å². The van der Waals surface area contributed by atoms with Gasteiger partial charge in [0.1, 0.15) is 12.4 Å². The molecule has 1 amide bonds. The van der Waals surface area contributed by atoms with Crippen LogP contribution in [0.15, 0.2) is 27.9 Å². The molecule has 182 valence electrons. The number of fused-ring (bicyclic) bond motifs is 1. The Morgan fingerprint density at radius 2 is 1.82 bits per heavy atom. The molecule has 0 unspecified atom stereocenters. The maximum absolute atomic E-state index is 13.4. The van der Waals surface area contributed by atoms with Gasteiger partial charge < -0.3 is 19.7 Å². The molecule has 4 rings (SSSR count). The molecule has 0 aliphatic carbocycles. The third-order valence-electron chi connectivity index (χ3n) is 6.87. The number of nitrogens with one attached hydrogen (secondary N) is 1. The van der Waals surface area contributed by atoms with Crippen LogP contribution in [0.2, 0.25) is 0 Å². The molecule has 0 radical (unpaired) electrons. The van der Waals surface area contributed by atoms with Gasteiger partial charge in [0, 0.05) is 31.3 Å². The van der Waals surface area contributed by atoms with Gasteiger partial charge in [-0.3, -0.25) is 19.1 Å². The Bertz CT molecular complexity index is 1380. The standard InChI is InChI=1S/C24H31N5O5/c1-13-6-18-19(7-14(13)2)28(16(4)25-18)12-21(31)27-10-17(30)8-24(5,34)20(11-27)29-9-15(3)22(32)26-23(29)33/h6-7,9,17,20,30,34H,8,10-12H2,1-5H3,(H,26,32,33)/t17-,20+,24+/m1/s1. The molecule has 0 spiro atoms. The van der Waals surface area contributed by atoms with E-state index < -0.39 is 29.0 Å². The molecule has 10 heteroatoms. The SMILES string of the molecule is Cc1cc2nc(C)n(CC(=O)N3C[C@H](O)C[C@](C)(O)[C@@H](n4cc(C)c(=O)[nH]c4=O)C3)c2cc1C. The van der Waals surface area contributed by atoms with Gasteiger partial charge >= 0.3 is 5.69 Å². The fourth-order valence-electron chi connectivity index (χ4n) is 4.76. The van der Waals surface area contributed by atoms with E-state index in [9.17, 15) is 24.6 Å². The summed E-state index contributed by atoms with van der Waals surface area (Å²) in [5.41, 5.74) is 1.50. The number of aliphatic hydroxyl groups is 2. The van der Waals surface area contributed by atoms with E-state index in [1.807, 2.05) is 37.5 Å². The summed E-state index contributed by atoms with van der Waals surface area (Å²) in [6.07, 6.45) is 0.380. The number of nitrogens with zero attached hydrogens (tertiary/aromatic N) is 4. The summed E-state index contributed by atoms with van der Waals surface area (Å²) in [4.78, 5) is 46.2. The summed E-state index contributed by atoms with van der Waals surface area (Å²) >= 11 is 0. The lowest BCUT2D eigenvalue weighted by Gasteiger charge is -2.34. The zero-order chi connectivity index (χ0) is 24.9. The molecule has 1 saturated heterocycles. The Balaban J connectivity index is 1.70. The highest BCUT2D eigenvalue weighted by atomic mass is 16.3. The number of hydrogen-bond acceptors (Lipinski definition) is 6. The topological polar surface area (TPSA) is 133 Å². The second-order valence-corrected chi connectivity index (χ2v) is 9.68. The van der Waals surface area contributed by atoms with Crippen LogP contribution in [0.5, 0.6) is 0 Å².